The first-order chi connectivity index (χ1) is 10.4. The van der Waals surface area contributed by atoms with Gasteiger partial charge < -0.3 is 9.88 Å². The Morgan fingerprint density at radius 1 is 1.14 bits per heavy atom. The Labute approximate surface area is 125 Å². The first-order valence-corrected chi connectivity index (χ1v) is 8.30. The lowest BCUT2D eigenvalue weighted by molar-refractivity contribution is 0.398. The summed E-state index contributed by atoms with van der Waals surface area (Å²) in [6.07, 6.45) is 10.9. The highest BCUT2D eigenvalue weighted by molar-refractivity contribution is 5.80. The molecule has 0 unspecified atom stereocenters. The molecule has 2 saturated carbocycles. The molecule has 1 aliphatic heterocycles. The van der Waals surface area contributed by atoms with Gasteiger partial charge in [-0.05, 0) is 49.5 Å². The van der Waals surface area contributed by atoms with Gasteiger partial charge in [-0.2, -0.15) is 0 Å². The highest BCUT2D eigenvalue weighted by Gasteiger charge is 2.43. The number of rotatable bonds is 4. The summed E-state index contributed by atoms with van der Waals surface area (Å²) in [4.78, 5) is 4.50. The molecule has 0 amide bonds. The number of nitrogens with zero attached hydrogens (tertiary/aromatic N) is 2. The molecule has 5 rings (SSSR count). The molecule has 0 bridgehead atoms. The number of nitrogens with one attached hydrogen (secondary N) is 1. The van der Waals surface area contributed by atoms with Crippen LogP contribution in [0.4, 0.5) is 5.69 Å². The van der Waals surface area contributed by atoms with Crippen LogP contribution in [0, 0.1) is 11.8 Å². The standard InChI is InChI=1S/C18H21N3/c1-2-12-8-9-20-17(12)15(3-1)16-10-19-11-21(16)18(13-4-5-13)14-6-7-14/h1-3,10-11,13-14,18,20H,4-9H2. The molecule has 108 valence electrons. The van der Waals surface area contributed by atoms with Crippen LogP contribution in [0.2, 0.25) is 0 Å². The highest BCUT2D eigenvalue weighted by Crippen LogP contribution is 2.53. The lowest BCUT2D eigenvalue weighted by Gasteiger charge is -2.21. The molecule has 2 aromatic rings. The molecule has 3 heteroatoms. The number of hydrogen-bond donors (Lipinski definition) is 1. The quantitative estimate of drug-likeness (QED) is 0.920. The van der Waals surface area contributed by atoms with E-state index in [4.69, 9.17) is 0 Å². The van der Waals surface area contributed by atoms with E-state index in [1.807, 2.05) is 0 Å². The van der Waals surface area contributed by atoms with Crippen LogP contribution in [0.3, 0.4) is 0 Å². The maximum absolute atomic E-state index is 4.50. The van der Waals surface area contributed by atoms with Crippen molar-refractivity contribution in [3.05, 3.63) is 36.3 Å². The van der Waals surface area contributed by atoms with Crippen molar-refractivity contribution < 1.29 is 0 Å². The Kier molecular flexibility index (Phi) is 2.46. The number of aromatic nitrogens is 2. The molecule has 1 N–H and O–H groups in total. The largest absolute Gasteiger partial charge is 0.384 e. The first kappa shape index (κ1) is 11.8. The molecule has 0 spiro atoms. The Morgan fingerprint density at radius 2 is 1.95 bits per heavy atom. The zero-order chi connectivity index (χ0) is 13.8. The smallest absolute Gasteiger partial charge is 0.0953 e. The first-order valence-electron chi connectivity index (χ1n) is 8.30. The molecule has 2 aliphatic carbocycles. The molecule has 2 heterocycles. The van der Waals surface area contributed by atoms with Crippen LogP contribution >= 0.6 is 0 Å². The second-order valence-electron chi connectivity index (χ2n) is 6.87. The third kappa shape index (κ3) is 1.90. The Bertz CT molecular complexity index is 668. The van der Waals surface area contributed by atoms with Gasteiger partial charge in [0.25, 0.3) is 0 Å². The number of imidazole rings is 1. The van der Waals surface area contributed by atoms with Crippen LogP contribution in [0.15, 0.2) is 30.7 Å². The average Bonchev–Trinajstić information content (AvgIpc) is 3.41. The number of benzene rings is 1. The fourth-order valence-electron chi connectivity index (χ4n) is 4.02. The van der Waals surface area contributed by atoms with Gasteiger partial charge in [0.15, 0.2) is 0 Å². The molecule has 0 radical (unpaired) electrons. The van der Waals surface area contributed by atoms with Crippen molar-refractivity contribution in [3.8, 4) is 11.3 Å². The van der Waals surface area contributed by atoms with E-state index in [0.717, 1.165) is 24.8 Å². The Morgan fingerprint density at radius 3 is 2.71 bits per heavy atom. The predicted octanol–water partition coefficient (Wildman–Crippen LogP) is 3.88. The summed E-state index contributed by atoms with van der Waals surface area (Å²) >= 11 is 0. The summed E-state index contributed by atoms with van der Waals surface area (Å²) in [7, 11) is 0. The fraction of sp³-hybridized carbons (Fsp3) is 0.500. The molecule has 1 aromatic carbocycles. The van der Waals surface area contributed by atoms with Gasteiger partial charge in [-0.3, -0.25) is 0 Å². The van der Waals surface area contributed by atoms with Crippen molar-refractivity contribution in [2.24, 2.45) is 11.8 Å². The van der Waals surface area contributed by atoms with Gasteiger partial charge in [0, 0.05) is 23.8 Å². The maximum Gasteiger partial charge on any atom is 0.0953 e. The van der Waals surface area contributed by atoms with Gasteiger partial charge in [0.05, 0.1) is 18.2 Å². The lowest BCUT2D eigenvalue weighted by atomic mass is 10.0. The van der Waals surface area contributed by atoms with Crippen molar-refractivity contribution in [2.45, 2.75) is 38.1 Å². The summed E-state index contributed by atoms with van der Waals surface area (Å²) in [6, 6.07) is 7.39. The summed E-state index contributed by atoms with van der Waals surface area (Å²) in [6.45, 7) is 1.06. The molecular formula is C18H21N3. The molecule has 0 atom stereocenters. The summed E-state index contributed by atoms with van der Waals surface area (Å²) < 4.78 is 2.49. The van der Waals surface area contributed by atoms with Gasteiger partial charge in [-0.15, -0.1) is 0 Å². The predicted molar refractivity (Wildman–Crippen MR) is 84.3 cm³/mol. The van der Waals surface area contributed by atoms with Crippen molar-refractivity contribution in [3.63, 3.8) is 0 Å². The van der Waals surface area contributed by atoms with Gasteiger partial charge in [-0.25, -0.2) is 4.98 Å². The van der Waals surface area contributed by atoms with Crippen molar-refractivity contribution in [2.75, 3.05) is 11.9 Å². The number of hydrogen-bond acceptors (Lipinski definition) is 2. The summed E-state index contributed by atoms with van der Waals surface area (Å²) in [5, 5.41) is 3.57. The van der Waals surface area contributed by atoms with Gasteiger partial charge >= 0.3 is 0 Å². The molecule has 3 aliphatic rings. The van der Waals surface area contributed by atoms with Crippen LogP contribution in [0.5, 0.6) is 0 Å². The summed E-state index contributed by atoms with van der Waals surface area (Å²) in [5.74, 6) is 1.80. The van der Waals surface area contributed by atoms with E-state index in [2.05, 4.69) is 45.6 Å². The van der Waals surface area contributed by atoms with Crippen LogP contribution < -0.4 is 5.32 Å². The van der Waals surface area contributed by atoms with E-state index in [1.165, 1.54) is 48.2 Å². The van der Waals surface area contributed by atoms with E-state index in [9.17, 15) is 0 Å². The lowest BCUT2D eigenvalue weighted by Crippen LogP contribution is -2.14. The SMILES string of the molecule is c1cc2c(c(-c3cncn3C(C3CC3)C3CC3)c1)NCC2. The maximum atomic E-state index is 4.50. The van der Waals surface area contributed by atoms with E-state index >= 15 is 0 Å². The van der Waals surface area contributed by atoms with Crippen LogP contribution in [-0.4, -0.2) is 16.1 Å². The zero-order valence-corrected chi connectivity index (χ0v) is 12.3. The van der Waals surface area contributed by atoms with E-state index in [-0.39, 0.29) is 0 Å². The average molecular weight is 279 g/mol. The molecule has 1 aromatic heterocycles. The minimum Gasteiger partial charge on any atom is -0.384 e. The third-order valence-corrected chi connectivity index (χ3v) is 5.32. The van der Waals surface area contributed by atoms with Crippen LogP contribution in [0.1, 0.15) is 37.3 Å². The number of anilines is 1. The number of para-hydroxylation sites is 1. The highest BCUT2D eigenvalue weighted by atomic mass is 15.1. The second kappa shape index (κ2) is 4.36. The zero-order valence-electron chi connectivity index (χ0n) is 12.3. The van der Waals surface area contributed by atoms with Crippen LogP contribution in [-0.2, 0) is 6.42 Å². The minimum absolute atomic E-state index is 0.694. The van der Waals surface area contributed by atoms with E-state index in [0.29, 0.717) is 6.04 Å². The Hall–Kier alpha value is -1.77. The Balaban J connectivity index is 1.61. The third-order valence-electron chi connectivity index (χ3n) is 5.32. The number of fused-ring (bicyclic) bond motifs is 1. The fourth-order valence-corrected chi connectivity index (χ4v) is 4.02. The van der Waals surface area contributed by atoms with Gasteiger partial charge in [0.2, 0.25) is 0 Å². The topological polar surface area (TPSA) is 29.9 Å². The minimum atomic E-state index is 0.694. The second-order valence-corrected chi connectivity index (χ2v) is 6.87. The van der Waals surface area contributed by atoms with E-state index in [1.54, 1.807) is 0 Å². The van der Waals surface area contributed by atoms with Crippen LogP contribution in [0.25, 0.3) is 11.3 Å². The van der Waals surface area contributed by atoms with Crippen molar-refractivity contribution in [1.29, 1.82) is 0 Å². The molecule has 21 heavy (non-hydrogen) atoms. The van der Waals surface area contributed by atoms with Gasteiger partial charge in [-0.1, -0.05) is 18.2 Å². The molecule has 2 fully saturated rings. The molecule has 0 saturated heterocycles. The van der Waals surface area contributed by atoms with Gasteiger partial charge in [0.1, 0.15) is 0 Å². The van der Waals surface area contributed by atoms with Crippen molar-refractivity contribution >= 4 is 5.69 Å². The van der Waals surface area contributed by atoms with Crippen molar-refractivity contribution in [1.82, 2.24) is 9.55 Å². The monoisotopic (exact) mass is 279 g/mol. The molecular weight excluding hydrogens is 258 g/mol. The molecule has 3 nitrogen and oxygen atoms in total. The van der Waals surface area contributed by atoms with E-state index < -0.39 is 0 Å². The summed E-state index contributed by atoms with van der Waals surface area (Å²) in [5.41, 5.74) is 5.44. The normalized spacial score (nSPS) is 20.6.